The molecule has 6 nitrogen and oxygen atoms in total. The summed E-state index contributed by atoms with van der Waals surface area (Å²) in [7, 11) is 0. The van der Waals surface area contributed by atoms with Crippen molar-refractivity contribution in [3.63, 3.8) is 0 Å². The molecule has 2 heterocycles. The normalized spacial score (nSPS) is 10.7. The lowest BCUT2D eigenvalue weighted by Crippen LogP contribution is -2.21. The molecule has 0 aliphatic heterocycles. The molecule has 0 amide bonds. The first-order valence-corrected chi connectivity index (χ1v) is 7.32. The van der Waals surface area contributed by atoms with Gasteiger partial charge in [-0.2, -0.15) is 18.4 Å². The Labute approximate surface area is 147 Å². The molecule has 0 unspecified atom stereocenters. The fourth-order valence-electron chi connectivity index (χ4n) is 1.71. The Hall–Kier alpha value is -2.93. The topological polar surface area (TPSA) is 103 Å². The van der Waals surface area contributed by atoms with Crippen molar-refractivity contribution in [2.45, 2.75) is 6.18 Å². The Morgan fingerprint density at radius 2 is 1.88 bits per heavy atom. The SMILES string of the molecule is N#Cc1ccc(-c2nc3ncc(Br)cc3[nH]2)cc1.O=C(O)C(F)(F)F. The first kappa shape index (κ1) is 18.4. The van der Waals surface area contributed by atoms with Crippen LogP contribution in [0.25, 0.3) is 22.6 Å². The molecule has 3 aromatic rings. The summed E-state index contributed by atoms with van der Waals surface area (Å²) in [5.74, 6) is -2.01. The number of carboxylic acids is 1. The maximum atomic E-state index is 10.6. The van der Waals surface area contributed by atoms with Crippen molar-refractivity contribution in [2.75, 3.05) is 0 Å². The van der Waals surface area contributed by atoms with Crippen LogP contribution in [-0.2, 0) is 4.79 Å². The highest BCUT2D eigenvalue weighted by Gasteiger charge is 2.38. The summed E-state index contributed by atoms with van der Waals surface area (Å²) in [6, 6.07) is 11.3. The van der Waals surface area contributed by atoms with E-state index in [0.29, 0.717) is 11.2 Å². The minimum atomic E-state index is -5.08. The Balaban J connectivity index is 0.000000277. The predicted molar refractivity (Wildman–Crippen MR) is 85.4 cm³/mol. The second kappa shape index (κ2) is 7.31. The van der Waals surface area contributed by atoms with Crippen molar-refractivity contribution in [3.8, 4) is 17.5 Å². The minimum Gasteiger partial charge on any atom is -0.475 e. The number of pyridine rings is 1. The maximum Gasteiger partial charge on any atom is 0.490 e. The van der Waals surface area contributed by atoms with Gasteiger partial charge < -0.3 is 10.1 Å². The van der Waals surface area contributed by atoms with Gasteiger partial charge in [0, 0.05) is 16.2 Å². The van der Waals surface area contributed by atoms with Crippen molar-refractivity contribution in [2.24, 2.45) is 0 Å². The second-order valence-corrected chi connectivity index (χ2v) is 5.52. The van der Waals surface area contributed by atoms with Crippen molar-refractivity contribution in [1.29, 1.82) is 5.26 Å². The summed E-state index contributed by atoms with van der Waals surface area (Å²) in [5, 5.41) is 15.9. The van der Waals surface area contributed by atoms with E-state index in [1.54, 1.807) is 18.3 Å². The number of aromatic amines is 1. The number of carbonyl (C=O) groups is 1. The van der Waals surface area contributed by atoms with Gasteiger partial charge in [-0.25, -0.2) is 14.8 Å². The zero-order chi connectivity index (χ0) is 18.6. The Morgan fingerprint density at radius 3 is 2.40 bits per heavy atom. The number of hydrogen-bond acceptors (Lipinski definition) is 4. The second-order valence-electron chi connectivity index (χ2n) is 4.60. The molecule has 0 radical (unpaired) electrons. The number of carboxylic acid groups (broad SMARTS) is 1. The molecule has 2 aromatic heterocycles. The van der Waals surface area contributed by atoms with Gasteiger partial charge in [0.2, 0.25) is 0 Å². The average molecular weight is 413 g/mol. The quantitative estimate of drug-likeness (QED) is 0.630. The number of halogens is 4. The summed E-state index contributed by atoms with van der Waals surface area (Å²) < 4.78 is 32.6. The van der Waals surface area contributed by atoms with E-state index in [-0.39, 0.29) is 0 Å². The van der Waals surface area contributed by atoms with Gasteiger partial charge in [-0.15, -0.1) is 0 Å². The van der Waals surface area contributed by atoms with Crippen molar-refractivity contribution in [1.82, 2.24) is 15.0 Å². The highest BCUT2D eigenvalue weighted by atomic mass is 79.9. The lowest BCUT2D eigenvalue weighted by atomic mass is 10.1. The van der Waals surface area contributed by atoms with Crippen LogP contribution in [0.15, 0.2) is 41.0 Å². The van der Waals surface area contributed by atoms with E-state index < -0.39 is 12.1 Å². The number of H-pyrrole nitrogens is 1. The number of fused-ring (bicyclic) bond motifs is 1. The summed E-state index contributed by atoms with van der Waals surface area (Å²) in [6.45, 7) is 0. The lowest BCUT2D eigenvalue weighted by molar-refractivity contribution is -0.192. The van der Waals surface area contributed by atoms with Crippen molar-refractivity contribution in [3.05, 3.63) is 46.6 Å². The van der Waals surface area contributed by atoms with Crippen LogP contribution in [0.4, 0.5) is 13.2 Å². The highest BCUT2D eigenvalue weighted by molar-refractivity contribution is 9.10. The molecule has 1 aromatic carbocycles. The number of alkyl halides is 3. The molecule has 0 bridgehead atoms. The fraction of sp³-hybridized carbons (Fsp3) is 0.0667. The molecule has 0 fully saturated rings. The molecular weight excluding hydrogens is 405 g/mol. The number of imidazole rings is 1. The number of hydrogen-bond donors (Lipinski definition) is 2. The minimum absolute atomic E-state index is 0.635. The first-order valence-electron chi connectivity index (χ1n) is 6.52. The van der Waals surface area contributed by atoms with Crippen molar-refractivity contribution < 1.29 is 23.1 Å². The van der Waals surface area contributed by atoms with E-state index in [2.05, 4.69) is 37.0 Å². The number of nitrogens with one attached hydrogen (secondary N) is 1. The van der Waals surface area contributed by atoms with Gasteiger partial charge in [0.1, 0.15) is 5.82 Å². The van der Waals surface area contributed by atoms with E-state index in [4.69, 9.17) is 15.2 Å². The van der Waals surface area contributed by atoms with Crippen LogP contribution in [-0.4, -0.2) is 32.2 Å². The number of aliphatic carboxylic acids is 1. The highest BCUT2D eigenvalue weighted by Crippen LogP contribution is 2.21. The van der Waals surface area contributed by atoms with Gasteiger partial charge >= 0.3 is 12.1 Å². The Kier molecular flexibility index (Phi) is 5.38. The molecule has 128 valence electrons. The number of rotatable bonds is 1. The number of aromatic nitrogens is 3. The molecule has 0 saturated heterocycles. The van der Waals surface area contributed by atoms with Crippen LogP contribution in [0.3, 0.4) is 0 Å². The molecule has 25 heavy (non-hydrogen) atoms. The summed E-state index contributed by atoms with van der Waals surface area (Å²) in [4.78, 5) is 20.7. The predicted octanol–water partition coefficient (Wildman–Crippen LogP) is 3.89. The molecular formula is C15H8BrF3N4O2. The zero-order valence-electron chi connectivity index (χ0n) is 12.2. The Morgan fingerprint density at radius 1 is 1.28 bits per heavy atom. The third kappa shape index (κ3) is 4.77. The molecule has 0 atom stereocenters. The van der Waals surface area contributed by atoms with Gasteiger partial charge in [0.05, 0.1) is 17.1 Å². The molecule has 3 rings (SSSR count). The first-order chi connectivity index (χ1) is 11.7. The van der Waals surface area contributed by atoms with Crippen molar-refractivity contribution >= 4 is 33.1 Å². The van der Waals surface area contributed by atoms with Crippen LogP contribution in [0.2, 0.25) is 0 Å². The largest absolute Gasteiger partial charge is 0.490 e. The van der Waals surface area contributed by atoms with Gasteiger partial charge in [0.25, 0.3) is 0 Å². The molecule has 0 aliphatic rings. The molecule has 2 N–H and O–H groups in total. The van der Waals surface area contributed by atoms with Crippen LogP contribution >= 0.6 is 15.9 Å². The third-order valence-electron chi connectivity index (χ3n) is 2.83. The smallest absolute Gasteiger partial charge is 0.475 e. The monoisotopic (exact) mass is 412 g/mol. The van der Waals surface area contributed by atoms with E-state index >= 15 is 0 Å². The maximum absolute atomic E-state index is 10.6. The van der Waals surface area contributed by atoms with Gasteiger partial charge in [-0.1, -0.05) is 0 Å². The summed E-state index contributed by atoms with van der Waals surface area (Å²) >= 11 is 3.37. The summed E-state index contributed by atoms with van der Waals surface area (Å²) in [5.41, 5.74) is 3.13. The van der Waals surface area contributed by atoms with Crippen LogP contribution in [0, 0.1) is 11.3 Å². The molecule has 0 spiro atoms. The number of nitrogens with zero attached hydrogens (tertiary/aromatic N) is 3. The lowest BCUT2D eigenvalue weighted by Gasteiger charge is -1.95. The van der Waals surface area contributed by atoms with Crippen LogP contribution in [0.1, 0.15) is 5.56 Å². The van der Waals surface area contributed by atoms with Gasteiger partial charge in [0.15, 0.2) is 5.65 Å². The van der Waals surface area contributed by atoms with E-state index in [0.717, 1.165) is 21.4 Å². The average Bonchev–Trinajstić information content (AvgIpc) is 2.97. The van der Waals surface area contributed by atoms with E-state index in [9.17, 15) is 13.2 Å². The Bertz CT molecular complexity index is 946. The number of nitriles is 1. The van der Waals surface area contributed by atoms with Crippen LogP contribution < -0.4 is 0 Å². The fourth-order valence-corrected chi connectivity index (χ4v) is 2.05. The number of benzene rings is 1. The van der Waals surface area contributed by atoms with E-state index in [1.807, 2.05) is 18.2 Å². The van der Waals surface area contributed by atoms with E-state index in [1.165, 1.54) is 0 Å². The third-order valence-corrected chi connectivity index (χ3v) is 3.27. The molecule has 0 aliphatic carbocycles. The van der Waals surface area contributed by atoms with Crippen LogP contribution in [0.5, 0.6) is 0 Å². The molecule has 10 heteroatoms. The molecule has 0 saturated carbocycles. The van der Waals surface area contributed by atoms with Gasteiger partial charge in [-0.05, 0) is 46.3 Å². The zero-order valence-corrected chi connectivity index (χ0v) is 13.8. The van der Waals surface area contributed by atoms with Gasteiger partial charge in [-0.3, -0.25) is 0 Å². The standard InChI is InChI=1S/C13H7BrN4.C2HF3O2/c14-10-5-11-13(16-7-10)18-12(17-11)9-3-1-8(6-15)2-4-9;3-2(4,5)1(6)7/h1-5,7H,(H,16,17,18);(H,6,7). The summed E-state index contributed by atoms with van der Waals surface area (Å²) in [6.07, 6.45) is -3.37.